The zero-order chi connectivity index (χ0) is 21.4. The van der Waals surface area contributed by atoms with Crippen molar-refractivity contribution in [2.24, 2.45) is 0 Å². The van der Waals surface area contributed by atoms with Gasteiger partial charge in [0.05, 0.1) is 32.2 Å². The minimum atomic E-state index is -0.244. The number of aryl methyl sites for hydroxylation is 1. The number of hydrogen-bond acceptors (Lipinski definition) is 7. The first-order chi connectivity index (χ1) is 14.4. The molecule has 0 aliphatic carbocycles. The van der Waals surface area contributed by atoms with E-state index in [0.717, 1.165) is 22.6 Å². The van der Waals surface area contributed by atoms with Crippen LogP contribution in [0.2, 0.25) is 5.15 Å². The van der Waals surface area contributed by atoms with Crippen molar-refractivity contribution in [1.29, 1.82) is 0 Å². The molecule has 0 radical (unpaired) electrons. The largest absolute Gasteiger partial charge is 0.496 e. The lowest BCUT2D eigenvalue weighted by molar-refractivity contribution is 0.406. The fraction of sp³-hybridized carbons (Fsp3) is 0.250. The molecule has 0 atom stereocenters. The molecule has 4 aromatic rings. The summed E-state index contributed by atoms with van der Waals surface area (Å²) in [5, 5.41) is 0.245. The summed E-state index contributed by atoms with van der Waals surface area (Å²) >= 11 is 6.30. The Kier molecular flexibility index (Phi) is 5.13. The van der Waals surface area contributed by atoms with Gasteiger partial charge in [-0.15, -0.1) is 0 Å². The van der Waals surface area contributed by atoms with Crippen molar-refractivity contribution in [3.05, 3.63) is 68.9 Å². The minimum Gasteiger partial charge on any atom is -0.496 e. The first-order valence-corrected chi connectivity index (χ1v) is 9.56. The number of anilines is 1. The highest BCUT2D eigenvalue weighted by Gasteiger charge is 2.18. The number of methoxy groups -OCH3 is 1. The molecule has 4 rings (SSSR count). The molecule has 2 N–H and O–H groups in total. The fourth-order valence-corrected chi connectivity index (χ4v) is 3.77. The molecule has 154 valence electrons. The van der Waals surface area contributed by atoms with E-state index in [1.807, 2.05) is 18.4 Å². The van der Waals surface area contributed by atoms with Crippen LogP contribution in [-0.2, 0) is 13.1 Å². The van der Waals surface area contributed by atoms with E-state index < -0.39 is 0 Å². The summed E-state index contributed by atoms with van der Waals surface area (Å²) in [7, 11) is 1.63. The Morgan fingerprint density at radius 3 is 2.73 bits per heavy atom. The van der Waals surface area contributed by atoms with Gasteiger partial charge >= 0.3 is 0 Å². The highest BCUT2D eigenvalue weighted by atomic mass is 35.5. The van der Waals surface area contributed by atoms with Crippen molar-refractivity contribution in [3.63, 3.8) is 0 Å². The summed E-state index contributed by atoms with van der Waals surface area (Å²) in [6, 6.07) is 0. The third-order valence-electron chi connectivity index (χ3n) is 4.95. The van der Waals surface area contributed by atoms with Crippen LogP contribution in [0.25, 0.3) is 11.0 Å². The standard InChI is InChI=1S/C20H20ClN7O2/c1-11-6-24-14(12(2)17(11)30-3)9-28-8-13(7-27-5-4-23-10-27)16(29)15-18(21)25-20(22)26-19(15)28/h4-6,8,10H,7,9H2,1-3H3,(H2,22,25,26). The fourth-order valence-electron chi connectivity index (χ4n) is 3.51. The zero-order valence-corrected chi connectivity index (χ0v) is 17.5. The maximum Gasteiger partial charge on any atom is 0.223 e. The summed E-state index contributed by atoms with van der Waals surface area (Å²) in [5.74, 6) is 0.769. The smallest absolute Gasteiger partial charge is 0.223 e. The summed E-state index contributed by atoms with van der Waals surface area (Å²) in [4.78, 5) is 30.0. The normalized spacial score (nSPS) is 11.2. The van der Waals surface area contributed by atoms with E-state index in [2.05, 4.69) is 19.9 Å². The highest BCUT2D eigenvalue weighted by molar-refractivity contribution is 6.34. The average molecular weight is 426 g/mol. The van der Waals surface area contributed by atoms with Crippen LogP contribution < -0.4 is 15.9 Å². The lowest BCUT2D eigenvalue weighted by Gasteiger charge is -2.16. The number of ether oxygens (including phenoxy) is 1. The number of imidazole rings is 1. The SMILES string of the molecule is COc1c(C)cnc(Cn2cc(Cn3ccnc3)c(=O)c3c(Cl)nc(N)nc32)c1C. The first-order valence-electron chi connectivity index (χ1n) is 9.19. The number of nitrogen functional groups attached to an aromatic ring is 1. The molecule has 30 heavy (non-hydrogen) atoms. The molecule has 0 aromatic carbocycles. The number of pyridine rings is 2. The van der Waals surface area contributed by atoms with Crippen LogP contribution in [0.5, 0.6) is 5.75 Å². The third kappa shape index (κ3) is 3.48. The Morgan fingerprint density at radius 2 is 2.03 bits per heavy atom. The van der Waals surface area contributed by atoms with Gasteiger partial charge in [-0.05, 0) is 13.8 Å². The molecule has 10 heteroatoms. The number of nitrogens with zero attached hydrogens (tertiary/aromatic N) is 6. The quantitative estimate of drug-likeness (QED) is 0.488. The van der Waals surface area contributed by atoms with Gasteiger partial charge in [-0.25, -0.2) is 9.97 Å². The van der Waals surface area contributed by atoms with E-state index in [9.17, 15) is 4.79 Å². The molecule has 0 unspecified atom stereocenters. The van der Waals surface area contributed by atoms with Gasteiger partial charge in [-0.2, -0.15) is 4.98 Å². The van der Waals surface area contributed by atoms with Gasteiger partial charge in [0.1, 0.15) is 16.3 Å². The lowest BCUT2D eigenvalue weighted by Crippen LogP contribution is -2.20. The Morgan fingerprint density at radius 1 is 1.23 bits per heavy atom. The topological polar surface area (TPSA) is 114 Å². The summed E-state index contributed by atoms with van der Waals surface area (Å²) in [5.41, 5.74) is 9.08. The van der Waals surface area contributed by atoms with Gasteiger partial charge in [0, 0.05) is 41.5 Å². The van der Waals surface area contributed by atoms with Crippen molar-refractivity contribution < 1.29 is 4.74 Å². The number of hydrogen-bond donors (Lipinski definition) is 1. The van der Waals surface area contributed by atoms with Crippen LogP contribution in [0, 0.1) is 13.8 Å². The van der Waals surface area contributed by atoms with Crippen LogP contribution in [0.15, 0.2) is 35.9 Å². The number of nitrogens with two attached hydrogens (primary N) is 1. The minimum absolute atomic E-state index is 0.00539. The van der Waals surface area contributed by atoms with Gasteiger partial charge in [-0.3, -0.25) is 9.78 Å². The predicted molar refractivity (Wildman–Crippen MR) is 114 cm³/mol. The number of aromatic nitrogens is 6. The van der Waals surface area contributed by atoms with Crippen LogP contribution in [0.3, 0.4) is 0 Å². The molecule has 0 aliphatic rings. The molecule has 4 heterocycles. The molecule has 0 bridgehead atoms. The molecule has 0 amide bonds. The maximum atomic E-state index is 13.1. The van der Waals surface area contributed by atoms with Crippen LogP contribution >= 0.6 is 11.6 Å². The lowest BCUT2D eigenvalue weighted by atomic mass is 10.1. The molecular weight excluding hydrogens is 406 g/mol. The second-order valence-corrected chi connectivity index (χ2v) is 7.32. The molecule has 0 saturated heterocycles. The summed E-state index contributed by atoms with van der Waals surface area (Å²) in [6.07, 6.45) is 8.59. The highest BCUT2D eigenvalue weighted by Crippen LogP contribution is 2.26. The van der Waals surface area contributed by atoms with Crippen LogP contribution in [0.1, 0.15) is 22.4 Å². The van der Waals surface area contributed by atoms with Crippen LogP contribution in [-0.4, -0.2) is 36.2 Å². The van der Waals surface area contributed by atoms with Crippen molar-refractivity contribution in [2.45, 2.75) is 26.9 Å². The molecule has 9 nitrogen and oxygen atoms in total. The van der Waals surface area contributed by atoms with Gasteiger partial charge in [0.15, 0.2) is 11.1 Å². The Balaban J connectivity index is 1.92. The van der Waals surface area contributed by atoms with E-state index in [0.29, 0.717) is 24.3 Å². The monoisotopic (exact) mass is 425 g/mol. The van der Waals surface area contributed by atoms with Gasteiger partial charge in [0.2, 0.25) is 5.95 Å². The number of halogens is 1. The number of rotatable bonds is 5. The van der Waals surface area contributed by atoms with Gasteiger partial charge in [-0.1, -0.05) is 11.6 Å². The van der Waals surface area contributed by atoms with Crippen molar-refractivity contribution >= 4 is 28.6 Å². The van der Waals surface area contributed by atoms with Crippen molar-refractivity contribution in [2.75, 3.05) is 12.8 Å². The van der Waals surface area contributed by atoms with Gasteiger partial charge < -0.3 is 19.6 Å². The predicted octanol–water partition coefficient (Wildman–Crippen LogP) is 2.34. The van der Waals surface area contributed by atoms with E-state index in [1.54, 1.807) is 42.8 Å². The van der Waals surface area contributed by atoms with Crippen molar-refractivity contribution in [3.8, 4) is 5.75 Å². The third-order valence-corrected chi connectivity index (χ3v) is 5.22. The summed E-state index contributed by atoms with van der Waals surface area (Å²) in [6.45, 7) is 4.57. The molecule has 0 saturated carbocycles. The van der Waals surface area contributed by atoms with E-state index in [-0.39, 0.29) is 21.9 Å². The maximum absolute atomic E-state index is 13.1. The molecule has 4 aromatic heterocycles. The summed E-state index contributed by atoms with van der Waals surface area (Å²) < 4.78 is 9.14. The first kappa shape index (κ1) is 19.8. The Bertz CT molecular complexity index is 1300. The molecule has 0 aliphatic heterocycles. The Labute approximate surface area is 177 Å². The van der Waals surface area contributed by atoms with Crippen LogP contribution in [0.4, 0.5) is 5.95 Å². The van der Waals surface area contributed by atoms with Crippen molar-refractivity contribution in [1.82, 2.24) is 29.1 Å². The zero-order valence-electron chi connectivity index (χ0n) is 16.8. The van der Waals surface area contributed by atoms with E-state index >= 15 is 0 Å². The van der Waals surface area contributed by atoms with E-state index in [4.69, 9.17) is 22.1 Å². The molecular formula is C20H20ClN7O2. The van der Waals surface area contributed by atoms with Gasteiger partial charge in [0.25, 0.3) is 0 Å². The second-order valence-electron chi connectivity index (χ2n) is 6.96. The number of fused-ring (bicyclic) bond motifs is 1. The average Bonchev–Trinajstić information content (AvgIpc) is 3.20. The Hall–Kier alpha value is -3.46. The van der Waals surface area contributed by atoms with E-state index in [1.165, 1.54) is 0 Å². The second kappa shape index (κ2) is 7.75. The molecule has 0 fully saturated rings. The molecule has 0 spiro atoms.